The van der Waals surface area contributed by atoms with Crippen molar-refractivity contribution >= 4 is 34.9 Å². The second-order valence-corrected chi connectivity index (χ2v) is 13.8. The highest BCUT2D eigenvalue weighted by molar-refractivity contribution is 7.99. The van der Waals surface area contributed by atoms with Crippen LogP contribution in [0.1, 0.15) is 131 Å². The molecule has 0 aliphatic carbocycles. The number of nitrogens with zero attached hydrogens (tertiary/aromatic N) is 1. The van der Waals surface area contributed by atoms with Crippen LogP contribution in [-0.4, -0.2) is 54.9 Å². The molecular weight excluding hydrogens is 623 g/mol. The summed E-state index contributed by atoms with van der Waals surface area (Å²) in [5.41, 5.74) is 3.37. The van der Waals surface area contributed by atoms with Gasteiger partial charge >= 0.3 is 5.97 Å². The van der Waals surface area contributed by atoms with Crippen molar-refractivity contribution < 1.29 is 28.9 Å². The van der Waals surface area contributed by atoms with Crippen molar-refractivity contribution in [3.05, 3.63) is 65.2 Å². The number of benzene rings is 2. The van der Waals surface area contributed by atoms with Crippen LogP contribution in [0.4, 0.5) is 0 Å². The van der Waals surface area contributed by atoms with Gasteiger partial charge in [0.2, 0.25) is 5.88 Å². The van der Waals surface area contributed by atoms with Gasteiger partial charge in [-0.3, -0.25) is 0 Å². The number of pyridine rings is 1. The average molecular weight is 680 g/mol. The van der Waals surface area contributed by atoms with Gasteiger partial charge in [-0.25, -0.2) is 9.78 Å². The number of fused-ring (bicyclic) bond motifs is 1. The number of aldehydes is 1. The molecule has 7 nitrogen and oxygen atoms in total. The zero-order chi connectivity index (χ0) is 34.6. The number of ether oxygens (including phenoxy) is 3. The Hall–Kier alpha value is -2.94. The van der Waals surface area contributed by atoms with Crippen molar-refractivity contribution in [3.8, 4) is 5.88 Å². The fourth-order valence-corrected chi connectivity index (χ4v) is 6.77. The average Bonchev–Trinajstić information content (AvgIpc) is 3.10. The van der Waals surface area contributed by atoms with Crippen LogP contribution < -0.4 is 4.74 Å². The molecule has 48 heavy (non-hydrogen) atoms. The summed E-state index contributed by atoms with van der Waals surface area (Å²) in [6, 6.07) is 16.3. The number of esters is 1. The number of methoxy groups -OCH3 is 1. The standard InChI is InChI=1S/C40H57NO6S/c1-5-8-11-12-13-14-15-16-30-17-19-31(20-18-30)38(37(43)24-22-33(29-42)45-4)48-34-23-21-32-27-35(40(44)47-26-10-7-3)39(41-36(32)28-34)46-25-9-6-2/h17-21,23,27-29,33,37-38,43H,5-16,22,24-26H2,1-4H3. The molecule has 0 aliphatic rings. The van der Waals surface area contributed by atoms with E-state index in [2.05, 4.69) is 45.0 Å². The van der Waals surface area contributed by atoms with E-state index in [9.17, 15) is 14.7 Å². The Balaban J connectivity index is 1.82. The first-order valence-electron chi connectivity index (χ1n) is 18.1. The van der Waals surface area contributed by atoms with Gasteiger partial charge in [-0.15, -0.1) is 11.8 Å². The minimum atomic E-state index is -0.710. The highest BCUT2D eigenvalue weighted by Crippen LogP contribution is 2.41. The Morgan fingerprint density at radius 2 is 1.54 bits per heavy atom. The maximum absolute atomic E-state index is 13.0. The van der Waals surface area contributed by atoms with Crippen molar-refractivity contribution in [1.82, 2.24) is 4.98 Å². The molecule has 2 aromatic carbocycles. The largest absolute Gasteiger partial charge is 0.477 e. The molecule has 264 valence electrons. The highest BCUT2D eigenvalue weighted by Gasteiger charge is 2.25. The zero-order valence-corrected chi connectivity index (χ0v) is 30.4. The molecule has 0 aliphatic heterocycles. The minimum Gasteiger partial charge on any atom is -0.477 e. The van der Waals surface area contributed by atoms with Crippen molar-refractivity contribution in [1.29, 1.82) is 0 Å². The highest BCUT2D eigenvalue weighted by atomic mass is 32.2. The summed E-state index contributed by atoms with van der Waals surface area (Å²) in [7, 11) is 1.51. The SMILES string of the molecule is CCCCCCCCCc1ccc(C(Sc2ccc3cc(C(=O)OCCCC)c(OCCCC)nc3c2)C(O)CCC(C=O)OC)cc1. The fraction of sp³-hybridized carbons (Fsp3) is 0.575. The van der Waals surface area contributed by atoms with E-state index in [1.807, 2.05) is 18.2 Å². The van der Waals surface area contributed by atoms with E-state index < -0.39 is 18.2 Å². The molecule has 1 aromatic heterocycles. The van der Waals surface area contributed by atoms with E-state index in [1.165, 1.54) is 57.6 Å². The van der Waals surface area contributed by atoms with E-state index >= 15 is 0 Å². The number of rotatable bonds is 25. The van der Waals surface area contributed by atoms with Gasteiger partial charge in [-0.05, 0) is 67.9 Å². The molecule has 0 spiro atoms. The second-order valence-electron chi connectivity index (χ2n) is 12.6. The second kappa shape index (κ2) is 22.6. The van der Waals surface area contributed by atoms with E-state index in [0.29, 0.717) is 37.1 Å². The van der Waals surface area contributed by atoms with Crippen LogP contribution in [0.15, 0.2) is 53.4 Å². The molecule has 3 rings (SSSR count). The van der Waals surface area contributed by atoms with Gasteiger partial charge in [0.15, 0.2) is 0 Å². The van der Waals surface area contributed by atoms with Crippen molar-refractivity contribution in [2.45, 2.75) is 133 Å². The summed E-state index contributed by atoms with van der Waals surface area (Å²) in [5, 5.41) is 12.0. The monoisotopic (exact) mass is 679 g/mol. The maximum Gasteiger partial charge on any atom is 0.343 e. The molecule has 8 heteroatoms. The van der Waals surface area contributed by atoms with Gasteiger partial charge in [0, 0.05) is 17.4 Å². The molecule has 1 N–H and O–H groups in total. The van der Waals surface area contributed by atoms with Crippen LogP contribution in [0.2, 0.25) is 0 Å². The van der Waals surface area contributed by atoms with Gasteiger partial charge in [0.05, 0.1) is 30.1 Å². The minimum absolute atomic E-state index is 0.271. The number of unbranched alkanes of at least 4 members (excludes halogenated alkanes) is 8. The number of aromatic nitrogens is 1. The third-order valence-corrected chi connectivity index (χ3v) is 10.00. The first kappa shape index (κ1) is 39.5. The van der Waals surface area contributed by atoms with E-state index in [-0.39, 0.29) is 11.1 Å². The van der Waals surface area contributed by atoms with Crippen molar-refractivity contribution in [2.24, 2.45) is 0 Å². The van der Waals surface area contributed by atoms with Crippen molar-refractivity contribution in [2.75, 3.05) is 20.3 Å². The lowest BCUT2D eigenvalue weighted by Gasteiger charge is -2.24. The van der Waals surface area contributed by atoms with Crippen LogP contribution in [0.25, 0.3) is 10.9 Å². The fourth-order valence-electron chi connectivity index (χ4n) is 5.56. The lowest BCUT2D eigenvalue weighted by atomic mass is 9.99. The lowest BCUT2D eigenvalue weighted by molar-refractivity contribution is -0.117. The first-order chi connectivity index (χ1) is 23.4. The number of hydrogen-bond donors (Lipinski definition) is 1. The van der Waals surface area contributed by atoms with Crippen LogP contribution >= 0.6 is 11.8 Å². The molecule has 0 fully saturated rings. The van der Waals surface area contributed by atoms with Crippen LogP contribution in [0, 0.1) is 0 Å². The number of carbonyl (C=O) groups excluding carboxylic acids is 2. The smallest absolute Gasteiger partial charge is 0.343 e. The Labute approximate surface area is 292 Å². The molecular formula is C40H57NO6S. The molecule has 1 heterocycles. The Morgan fingerprint density at radius 1 is 0.854 bits per heavy atom. The summed E-state index contributed by atoms with van der Waals surface area (Å²) in [5.74, 6) is -0.140. The van der Waals surface area contributed by atoms with E-state index in [0.717, 1.165) is 54.2 Å². The third-order valence-electron chi connectivity index (χ3n) is 8.63. The number of aliphatic hydroxyl groups excluding tert-OH is 1. The molecule has 3 aromatic rings. The predicted molar refractivity (Wildman–Crippen MR) is 196 cm³/mol. The predicted octanol–water partition coefficient (Wildman–Crippen LogP) is 9.85. The van der Waals surface area contributed by atoms with Gasteiger partial charge in [0.1, 0.15) is 18.0 Å². The normalized spacial score (nSPS) is 13.3. The number of carbonyl (C=O) groups is 2. The molecule has 0 saturated heterocycles. The summed E-state index contributed by atoms with van der Waals surface area (Å²) in [6.45, 7) is 7.21. The van der Waals surface area contributed by atoms with Gasteiger partial charge < -0.3 is 24.1 Å². The maximum atomic E-state index is 13.0. The molecule has 0 saturated carbocycles. The molecule has 3 atom stereocenters. The van der Waals surface area contributed by atoms with Gasteiger partial charge in [0.25, 0.3) is 0 Å². The Bertz CT molecular complexity index is 1360. The number of hydrogen-bond acceptors (Lipinski definition) is 8. The summed E-state index contributed by atoms with van der Waals surface area (Å²) >= 11 is 1.57. The molecule has 3 unspecified atom stereocenters. The topological polar surface area (TPSA) is 95.0 Å². The first-order valence-corrected chi connectivity index (χ1v) is 19.0. The van der Waals surface area contributed by atoms with Crippen LogP contribution in [-0.2, 0) is 20.7 Å². The summed E-state index contributed by atoms with van der Waals surface area (Å²) in [4.78, 5) is 30.1. The van der Waals surface area contributed by atoms with E-state index in [1.54, 1.807) is 17.8 Å². The number of aliphatic hydroxyl groups is 1. The zero-order valence-electron chi connectivity index (χ0n) is 29.6. The Kier molecular flexibility index (Phi) is 18.6. The van der Waals surface area contributed by atoms with Crippen LogP contribution in [0.3, 0.4) is 0 Å². The Morgan fingerprint density at radius 3 is 2.23 bits per heavy atom. The van der Waals surface area contributed by atoms with Gasteiger partial charge in [-0.2, -0.15) is 0 Å². The number of thioether (sulfide) groups is 1. The van der Waals surface area contributed by atoms with Crippen LogP contribution in [0.5, 0.6) is 5.88 Å². The molecule has 0 bridgehead atoms. The lowest BCUT2D eigenvalue weighted by Crippen LogP contribution is -2.20. The van der Waals surface area contributed by atoms with E-state index in [4.69, 9.17) is 19.2 Å². The van der Waals surface area contributed by atoms with Crippen molar-refractivity contribution in [3.63, 3.8) is 0 Å². The summed E-state index contributed by atoms with van der Waals surface area (Å²) < 4.78 is 16.7. The summed E-state index contributed by atoms with van der Waals surface area (Å²) in [6.07, 6.45) is 14.0. The number of aryl methyl sites for hydroxylation is 1. The third kappa shape index (κ3) is 13.2. The van der Waals surface area contributed by atoms with Gasteiger partial charge in [-0.1, -0.05) is 102 Å². The molecule has 0 amide bonds. The molecule has 0 radical (unpaired) electrons. The quantitative estimate of drug-likeness (QED) is 0.0409.